The number of hydrogen-bond acceptors (Lipinski definition) is 3. The van der Waals surface area contributed by atoms with Gasteiger partial charge in [0.1, 0.15) is 5.60 Å². The fraction of sp³-hybridized carbons (Fsp3) is 0.875. The van der Waals surface area contributed by atoms with Crippen molar-refractivity contribution in [2.24, 2.45) is 23.2 Å². The Kier molecular flexibility index (Phi) is 2.49. The number of fused-ring (bicyclic) bond motifs is 2. The lowest BCUT2D eigenvalue weighted by Gasteiger charge is -2.56. The summed E-state index contributed by atoms with van der Waals surface area (Å²) in [5.74, 6) is 1.27. The van der Waals surface area contributed by atoms with E-state index in [0.717, 1.165) is 12.8 Å². The number of ether oxygens (including phenoxy) is 1. The average molecular weight is 279 g/mol. The van der Waals surface area contributed by atoms with Crippen molar-refractivity contribution in [1.82, 2.24) is 4.90 Å². The molecular weight excluding hydrogens is 254 g/mol. The van der Waals surface area contributed by atoms with Crippen molar-refractivity contribution in [1.29, 1.82) is 0 Å². The summed E-state index contributed by atoms with van der Waals surface area (Å²) in [6.07, 6.45) is 1.39. The number of amides is 2. The van der Waals surface area contributed by atoms with E-state index in [0.29, 0.717) is 17.3 Å². The number of imide groups is 1. The molecule has 2 amide bonds. The van der Waals surface area contributed by atoms with Gasteiger partial charge in [-0.3, -0.25) is 4.79 Å². The van der Waals surface area contributed by atoms with Crippen LogP contribution in [0, 0.1) is 23.2 Å². The Hall–Kier alpha value is -1.06. The third-order valence-corrected chi connectivity index (χ3v) is 5.77. The summed E-state index contributed by atoms with van der Waals surface area (Å²) in [4.78, 5) is 26.0. The molecule has 0 spiro atoms. The molecule has 3 aliphatic rings. The van der Waals surface area contributed by atoms with Crippen molar-refractivity contribution >= 4 is 12.0 Å². The van der Waals surface area contributed by atoms with E-state index in [2.05, 4.69) is 13.8 Å². The molecule has 112 valence electrons. The first-order chi connectivity index (χ1) is 8.98. The summed E-state index contributed by atoms with van der Waals surface area (Å²) in [5, 5.41) is 0. The lowest BCUT2D eigenvalue weighted by atomic mass is 9.66. The van der Waals surface area contributed by atoms with E-state index in [1.807, 2.05) is 27.7 Å². The molecule has 0 aromatic carbocycles. The summed E-state index contributed by atoms with van der Waals surface area (Å²) in [7, 11) is 0. The van der Waals surface area contributed by atoms with Gasteiger partial charge in [-0.2, -0.15) is 0 Å². The van der Waals surface area contributed by atoms with E-state index in [4.69, 9.17) is 4.74 Å². The summed E-state index contributed by atoms with van der Waals surface area (Å²) >= 11 is 0. The van der Waals surface area contributed by atoms with Gasteiger partial charge in [0.15, 0.2) is 0 Å². The largest absolute Gasteiger partial charge is 0.443 e. The zero-order valence-corrected chi connectivity index (χ0v) is 13.3. The fourth-order valence-corrected chi connectivity index (χ4v) is 4.39. The highest BCUT2D eigenvalue weighted by Crippen LogP contribution is 2.70. The second kappa shape index (κ2) is 3.58. The number of carbonyl (C=O) groups is 2. The topological polar surface area (TPSA) is 46.6 Å². The lowest BCUT2D eigenvalue weighted by molar-refractivity contribution is -0.171. The molecule has 1 aliphatic heterocycles. The number of nitrogens with zero attached hydrogens (tertiary/aromatic N) is 1. The van der Waals surface area contributed by atoms with Gasteiger partial charge in [0, 0.05) is 0 Å². The summed E-state index contributed by atoms with van der Waals surface area (Å²) in [6.45, 7) is 12.1. The Morgan fingerprint density at radius 2 is 1.85 bits per heavy atom. The van der Waals surface area contributed by atoms with Gasteiger partial charge in [-0.05, 0) is 57.8 Å². The second-order valence-corrected chi connectivity index (χ2v) is 8.54. The van der Waals surface area contributed by atoms with Gasteiger partial charge in [0.2, 0.25) is 5.91 Å². The van der Waals surface area contributed by atoms with Gasteiger partial charge in [0.25, 0.3) is 0 Å². The molecule has 0 aromatic heterocycles. The average Bonchev–Trinajstić information content (AvgIpc) is 2.74. The summed E-state index contributed by atoms with van der Waals surface area (Å²) in [6, 6.07) is 0. The van der Waals surface area contributed by atoms with Crippen LogP contribution in [0.3, 0.4) is 0 Å². The Morgan fingerprint density at radius 3 is 2.40 bits per heavy atom. The molecule has 0 unspecified atom stereocenters. The highest BCUT2D eigenvalue weighted by Gasteiger charge is 2.72. The van der Waals surface area contributed by atoms with Crippen LogP contribution in [0.25, 0.3) is 0 Å². The highest BCUT2D eigenvalue weighted by atomic mass is 16.6. The SMILES string of the molecule is CC(C)(C)OC(=O)N1C(=O)[C@H]2C[C@H]3[C@@H](C[C@]21C)C3(C)C. The first kappa shape index (κ1) is 13.9. The summed E-state index contributed by atoms with van der Waals surface area (Å²) in [5.41, 5.74) is -0.552. The number of carbonyl (C=O) groups excluding carboxylic acids is 2. The highest BCUT2D eigenvalue weighted by molar-refractivity contribution is 6.01. The van der Waals surface area contributed by atoms with Crippen LogP contribution in [0.4, 0.5) is 4.79 Å². The molecule has 3 rings (SSSR count). The van der Waals surface area contributed by atoms with Crippen molar-refractivity contribution in [2.75, 3.05) is 0 Å². The molecule has 1 saturated heterocycles. The van der Waals surface area contributed by atoms with E-state index in [1.54, 1.807) is 0 Å². The van der Waals surface area contributed by atoms with Gasteiger partial charge < -0.3 is 4.74 Å². The molecule has 1 heterocycles. The zero-order valence-electron chi connectivity index (χ0n) is 13.3. The maximum atomic E-state index is 12.3. The van der Waals surface area contributed by atoms with Crippen LogP contribution in [0.2, 0.25) is 0 Å². The standard InChI is InChI=1S/C16H25NO3/c1-14(2,3)20-13(19)17-12(18)10-7-9-11(15(9,4)5)8-16(10,17)6/h9-11H,7-8H2,1-6H3/t9-,10+,11+,16+/m0/s1. The van der Waals surface area contributed by atoms with Crippen LogP contribution >= 0.6 is 0 Å². The monoisotopic (exact) mass is 279 g/mol. The van der Waals surface area contributed by atoms with E-state index in [1.165, 1.54) is 4.90 Å². The maximum absolute atomic E-state index is 12.3. The predicted molar refractivity (Wildman–Crippen MR) is 75.0 cm³/mol. The number of hydrogen-bond donors (Lipinski definition) is 0. The van der Waals surface area contributed by atoms with Crippen LogP contribution in [0.1, 0.15) is 54.4 Å². The Balaban J connectivity index is 1.79. The Bertz CT molecular complexity index is 490. The summed E-state index contributed by atoms with van der Waals surface area (Å²) < 4.78 is 5.39. The molecule has 0 aromatic rings. The maximum Gasteiger partial charge on any atom is 0.417 e. The second-order valence-electron chi connectivity index (χ2n) is 8.54. The van der Waals surface area contributed by atoms with Crippen LogP contribution in [0.15, 0.2) is 0 Å². The van der Waals surface area contributed by atoms with Crippen LogP contribution < -0.4 is 0 Å². The molecule has 0 N–H and O–H groups in total. The van der Waals surface area contributed by atoms with Crippen molar-refractivity contribution in [3.63, 3.8) is 0 Å². The van der Waals surface area contributed by atoms with Gasteiger partial charge in [-0.25, -0.2) is 9.69 Å². The minimum absolute atomic E-state index is 0.0121. The van der Waals surface area contributed by atoms with Crippen LogP contribution in [0.5, 0.6) is 0 Å². The third kappa shape index (κ3) is 1.66. The van der Waals surface area contributed by atoms with Crippen molar-refractivity contribution < 1.29 is 14.3 Å². The van der Waals surface area contributed by atoms with E-state index in [9.17, 15) is 9.59 Å². The van der Waals surface area contributed by atoms with E-state index >= 15 is 0 Å². The molecule has 4 nitrogen and oxygen atoms in total. The molecule has 4 atom stereocenters. The Morgan fingerprint density at radius 1 is 1.25 bits per heavy atom. The van der Waals surface area contributed by atoms with E-state index < -0.39 is 11.7 Å². The third-order valence-electron chi connectivity index (χ3n) is 5.77. The van der Waals surface area contributed by atoms with Crippen LogP contribution in [-0.2, 0) is 9.53 Å². The van der Waals surface area contributed by atoms with E-state index in [-0.39, 0.29) is 17.4 Å². The smallest absolute Gasteiger partial charge is 0.417 e. The molecule has 20 heavy (non-hydrogen) atoms. The van der Waals surface area contributed by atoms with Crippen molar-refractivity contribution in [3.8, 4) is 0 Å². The normalized spacial score (nSPS) is 41.4. The molecule has 2 aliphatic carbocycles. The first-order valence-electron chi connectivity index (χ1n) is 7.55. The van der Waals surface area contributed by atoms with Crippen molar-refractivity contribution in [2.45, 2.75) is 65.5 Å². The minimum atomic E-state index is -0.561. The molecule has 4 heteroatoms. The van der Waals surface area contributed by atoms with Crippen LogP contribution in [-0.4, -0.2) is 28.0 Å². The number of rotatable bonds is 0. The first-order valence-corrected chi connectivity index (χ1v) is 7.55. The van der Waals surface area contributed by atoms with Gasteiger partial charge in [0.05, 0.1) is 11.5 Å². The molecule has 3 fully saturated rings. The van der Waals surface area contributed by atoms with Gasteiger partial charge in [-0.1, -0.05) is 13.8 Å². The quantitative estimate of drug-likeness (QED) is 0.640. The van der Waals surface area contributed by atoms with Crippen molar-refractivity contribution in [3.05, 3.63) is 0 Å². The molecule has 0 bridgehead atoms. The lowest BCUT2D eigenvalue weighted by Crippen LogP contribution is -2.72. The minimum Gasteiger partial charge on any atom is -0.443 e. The Labute approximate surface area is 120 Å². The molecular formula is C16H25NO3. The molecule has 2 saturated carbocycles. The predicted octanol–water partition coefficient (Wildman–Crippen LogP) is 3.20. The zero-order chi connectivity index (χ0) is 15.1. The fourth-order valence-electron chi connectivity index (χ4n) is 4.39. The number of β-lactam (4-membered cyclic amide) rings is 1. The van der Waals surface area contributed by atoms with Gasteiger partial charge >= 0.3 is 6.09 Å². The van der Waals surface area contributed by atoms with Gasteiger partial charge in [-0.15, -0.1) is 0 Å². The molecule has 0 radical (unpaired) electrons. The number of likely N-dealkylation sites (tertiary alicyclic amines) is 1.